The van der Waals surface area contributed by atoms with Crippen LogP contribution in [0.1, 0.15) is 58.4 Å². The van der Waals surface area contributed by atoms with Crippen molar-refractivity contribution in [3.05, 3.63) is 70.5 Å². The van der Waals surface area contributed by atoms with Crippen molar-refractivity contribution in [2.45, 2.75) is 58.9 Å². The van der Waals surface area contributed by atoms with Gasteiger partial charge in [-0.2, -0.15) is 0 Å². The lowest BCUT2D eigenvalue weighted by atomic mass is 10.1. The summed E-state index contributed by atoms with van der Waals surface area (Å²) >= 11 is 0. The molecule has 10 nitrogen and oxygen atoms in total. The van der Waals surface area contributed by atoms with Gasteiger partial charge in [-0.3, -0.25) is 9.59 Å². The summed E-state index contributed by atoms with van der Waals surface area (Å²) in [4.78, 5) is 56.4. The largest absolute Gasteiger partial charge is 0.480 e. The minimum atomic E-state index is -1.03. The lowest BCUT2D eigenvalue weighted by Gasteiger charge is -2.21. The zero-order valence-corrected chi connectivity index (χ0v) is 24.5. The maximum Gasteiger partial charge on any atom is 0.407 e. The van der Waals surface area contributed by atoms with Gasteiger partial charge in [-0.1, -0.05) is 63.3 Å². The molecule has 3 N–H and O–H groups in total. The molecule has 0 spiro atoms. The summed E-state index contributed by atoms with van der Waals surface area (Å²) < 4.78 is 5.10. The molecule has 10 heteroatoms. The number of carbonyl (C=O) groups excluding carboxylic acids is 2. The van der Waals surface area contributed by atoms with E-state index in [-0.39, 0.29) is 18.7 Å². The van der Waals surface area contributed by atoms with E-state index in [9.17, 15) is 19.2 Å². The third-order valence-corrected chi connectivity index (χ3v) is 6.31. The van der Waals surface area contributed by atoms with Crippen LogP contribution in [0.15, 0.2) is 59.4 Å². The third-order valence-electron chi connectivity index (χ3n) is 6.31. The van der Waals surface area contributed by atoms with Crippen molar-refractivity contribution in [2.24, 2.45) is 5.92 Å². The molecule has 1 saturated heterocycles. The SMILES string of the molecule is CC(C)C.O=C(NCC(=O)N1CCCC1C(=O)O)OCCCC/C=C/c1cccc(-c2nc3ccccc3[nH]c2=O)c1. The maximum absolute atomic E-state index is 12.5. The number of unbranched alkanes of at least 4 members (excludes halogenated alkanes) is 2. The Labute approximate surface area is 245 Å². The molecule has 4 rings (SSSR count). The Kier molecular flexibility index (Phi) is 12.3. The Morgan fingerprint density at radius 2 is 1.90 bits per heavy atom. The van der Waals surface area contributed by atoms with Crippen LogP contribution >= 0.6 is 0 Å². The first-order chi connectivity index (χ1) is 20.2. The van der Waals surface area contributed by atoms with Crippen molar-refractivity contribution in [3.63, 3.8) is 0 Å². The van der Waals surface area contributed by atoms with Crippen molar-refractivity contribution in [1.82, 2.24) is 20.2 Å². The number of H-pyrrole nitrogens is 1. The van der Waals surface area contributed by atoms with E-state index in [0.717, 1.165) is 35.4 Å². The van der Waals surface area contributed by atoms with E-state index in [0.29, 0.717) is 37.0 Å². The highest BCUT2D eigenvalue weighted by molar-refractivity contribution is 5.87. The molecule has 0 bridgehead atoms. The maximum atomic E-state index is 12.5. The number of aliphatic carboxylic acids is 1. The van der Waals surface area contributed by atoms with Gasteiger partial charge in [0, 0.05) is 12.1 Å². The van der Waals surface area contributed by atoms with E-state index in [1.165, 1.54) is 4.90 Å². The van der Waals surface area contributed by atoms with Crippen molar-refractivity contribution >= 4 is 35.1 Å². The average Bonchev–Trinajstić information content (AvgIpc) is 3.46. The van der Waals surface area contributed by atoms with E-state index in [4.69, 9.17) is 9.84 Å². The number of carbonyl (C=O) groups is 3. The van der Waals surface area contributed by atoms with Gasteiger partial charge in [0.15, 0.2) is 0 Å². The van der Waals surface area contributed by atoms with Gasteiger partial charge in [0.1, 0.15) is 18.3 Å². The summed E-state index contributed by atoms with van der Waals surface area (Å²) in [6, 6.07) is 14.2. The molecular formula is C32H40N4O6. The number of hydrogen-bond acceptors (Lipinski definition) is 6. The minimum Gasteiger partial charge on any atom is -0.480 e. The van der Waals surface area contributed by atoms with Gasteiger partial charge in [0.25, 0.3) is 5.56 Å². The molecule has 2 amide bonds. The summed E-state index contributed by atoms with van der Waals surface area (Å²) in [6.07, 6.45) is 6.56. The normalized spacial score (nSPS) is 14.6. The molecule has 224 valence electrons. The number of carboxylic acid groups (broad SMARTS) is 1. The molecule has 0 saturated carbocycles. The van der Waals surface area contributed by atoms with Crippen LogP contribution in [0.3, 0.4) is 0 Å². The molecule has 1 atom stereocenters. The molecule has 1 aliphatic heterocycles. The van der Waals surface area contributed by atoms with Crippen LogP contribution in [-0.2, 0) is 14.3 Å². The highest BCUT2D eigenvalue weighted by atomic mass is 16.5. The number of benzene rings is 2. The van der Waals surface area contributed by atoms with E-state index in [2.05, 4.69) is 36.1 Å². The zero-order chi connectivity index (χ0) is 30.5. The second-order valence-electron chi connectivity index (χ2n) is 10.8. The molecule has 2 aromatic carbocycles. The van der Waals surface area contributed by atoms with Gasteiger partial charge < -0.3 is 25.0 Å². The van der Waals surface area contributed by atoms with E-state index >= 15 is 0 Å². The predicted octanol–water partition coefficient (Wildman–Crippen LogP) is 5.24. The van der Waals surface area contributed by atoms with Gasteiger partial charge in [-0.05, 0) is 61.8 Å². The summed E-state index contributed by atoms with van der Waals surface area (Å²) in [5, 5.41) is 11.5. The van der Waals surface area contributed by atoms with Crippen LogP contribution in [0.5, 0.6) is 0 Å². The molecule has 0 radical (unpaired) electrons. The molecule has 1 unspecified atom stereocenters. The number of ether oxygens (including phenoxy) is 1. The van der Waals surface area contributed by atoms with Gasteiger partial charge in [-0.25, -0.2) is 14.6 Å². The lowest BCUT2D eigenvalue weighted by molar-refractivity contribution is -0.147. The fourth-order valence-corrected chi connectivity index (χ4v) is 4.39. The predicted molar refractivity (Wildman–Crippen MR) is 163 cm³/mol. The van der Waals surface area contributed by atoms with Crippen LogP contribution in [0.4, 0.5) is 4.79 Å². The highest BCUT2D eigenvalue weighted by Gasteiger charge is 2.33. The Morgan fingerprint density at radius 3 is 2.67 bits per heavy atom. The average molecular weight is 577 g/mol. The molecular weight excluding hydrogens is 536 g/mol. The Balaban J connectivity index is 0.00000114. The second-order valence-corrected chi connectivity index (χ2v) is 10.8. The van der Waals surface area contributed by atoms with Crippen LogP contribution in [0, 0.1) is 5.92 Å². The molecule has 3 aromatic rings. The first-order valence-corrected chi connectivity index (χ1v) is 14.3. The zero-order valence-electron chi connectivity index (χ0n) is 24.5. The summed E-state index contributed by atoms with van der Waals surface area (Å²) in [7, 11) is 0. The second kappa shape index (κ2) is 16.1. The quantitative estimate of drug-likeness (QED) is 0.280. The standard InChI is InChI=1S/C28H30N4O6.C4H10/c33-24(32-15-8-14-23(32)27(35)36)18-29-28(37)38-16-6-2-1-3-9-19-10-7-11-20(17-19)25-26(34)31-22-13-5-4-12-21(22)30-25;1-4(2)3/h3-5,7,9-13,17,23H,1-2,6,8,14-16,18H2,(H,29,37)(H,31,34)(H,35,36);4H,1-3H3/b9-3+;. The van der Waals surface area contributed by atoms with E-state index in [1.54, 1.807) is 0 Å². The van der Waals surface area contributed by atoms with Crippen LogP contribution in [0.2, 0.25) is 0 Å². The number of hydrogen-bond donors (Lipinski definition) is 3. The fourth-order valence-electron chi connectivity index (χ4n) is 4.39. The number of allylic oxidation sites excluding steroid dienone is 1. The number of amides is 2. The van der Waals surface area contributed by atoms with Crippen LogP contribution in [0.25, 0.3) is 28.4 Å². The number of rotatable bonds is 10. The summed E-state index contributed by atoms with van der Waals surface area (Å²) in [6.45, 7) is 6.80. The Hall–Kier alpha value is -4.47. The number of para-hydroxylation sites is 2. The molecule has 42 heavy (non-hydrogen) atoms. The van der Waals surface area contributed by atoms with Crippen LogP contribution in [-0.4, -0.2) is 63.7 Å². The molecule has 2 heterocycles. The van der Waals surface area contributed by atoms with Gasteiger partial charge in [0.05, 0.1) is 17.6 Å². The van der Waals surface area contributed by atoms with Crippen molar-refractivity contribution in [1.29, 1.82) is 0 Å². The van der Waals surface area contributed by atoms with E-state index in [1.807, 2.05) is 60.7 Å². The molecule has 0 aliphatic carbocycles. The Morgan fingerprint density at radius 1 is 1.14 bits per heavy atom. The first kappa shape index (κ1) is 32.0. The fraction of sp³-hybridized carbons (Fsp3) is 0.406. The molecule has 1 fully saturated rings. The number of likely N-dealkylation sites (tertiary alicyclic amines) is 1. The number of aromatic amines is 1. The lowest BCUT2D eigenvalue weighted by Crippen LogP contribution is -2.45. The third kappa shape index (κ3) is 9.87. The number of nitrogens with zero attached hydrogens (tertiary/aromatic N) is 2. The number of alkyl carbamates (subject to hydrolysis) is 1. The van der Waals surface area contributed by atoms with Gasteiger partial charge in [0.2, 0.25) is 5.91 Å². The highest BCUT2D eigenvalue weighted by Crippen LogP contribution is 2.19. The van der Waals surface area contributed by atoms with Crippen molar-refractivity contribution < 1.29 is 24.2 Å². The Bertz CT molecular complexity index is 1450. The van der Waals surface area contributed by atoms with Crippen molar-refractivity contribution in [3.8, 4) is 11.3 Å². The topological polar surface area (TPSA) is 142 Å². The molecule has 1 aromatic heterocycles. The monoisotopic (exact) mass is 576 g/mol. The molecule has 1 aliphatic rings. The minimum absolute atomic E-state index is 0.210. The smallest absolute Gasteiger partial charge is 0.407 e. The van der Waals surface area contributed by atoms with Gasteiger partial charge in [-0.15, -0.1) is 0 Å². The summed E-state index contributed by atoms with van der Waals surface area (Å²) in [5.41, 5.74) is 3.24. The van der Waals surface area contributed by atoms with Crippen molar-refractivity contribution in [2.75, 3.05) is 19.7 Å². The first-order valence-electron chi connectivity index (χ1n) is 14.3. The number of fused-ring (bicyclic) bond motifs is 1. The number of carboxylic acids is 1. The summed E-state index contributed by atoms with van der Waals surface area (Å²) in [5.74, 6) is -0.626. The van der Waals surface area contributed by atoms with E-state index < -0.39 is 24.0 Å². The van der Waals surface area contributed by atoms with Crippen LogP contribution < -0.4 is 10.9 Å². The number of aromatic nitrogens is 2. The van der Waals surface area contributed by atoms with Gasteiger partial charge >= 0.3 is 12.1 Å². The number of nitrogens with one attached hydrogen (secondary N) is 2.